The summed E-state index contributed by atoms with van der Waals surface area (Å²) in [5.74, 6) is 0.619. The van der Waals surface area contributed by atoms with Crippen LogP contribution in [0.2, 0.25) is 0 Å². The van der Waals surface area contributed by atoms with Crippen LogP contribution in [0.15, 0.2) is 35.1 Å². The lowest BCUT2D eigenvalue weighted by Crippen LogP contribution is -2.23. The van der Waals surface area contributed by atoms with Crippen LogP contribution in [0.1, 0.15) is 12.8 Å². The third kappa shape index (κ3) is 1.75. The number of nitrogens with two attached hydrogens (primary N) is 1. The van der Waals surface area contributed by atoms with Crippen molar-refractivity contribution < 1.29 is 0 Å². The number of aromatic amines is 1. The van der Waals surface area contributed by atoms with E-state index >= 15 is 0 Å². The molecule has 0 bridgehead atoms. The van der Waals surface area contributed by atoms with E-state index in [-0.39, 0.29) is 5.56 Å². The van der Waals surface area contributed by atoms with Crippen LogP contribution in [0.5, 0.6) is 0 Å². The molecule has 1 saturated carbocycles. The molecule has 4 nitrogen and oxygen atoms in total. The smallest absolute Gasteiger partial charge is 0.248 e. The van der Waals surface area contributed by atoms with Gasteiger partial charge in [-0.25, -0.2) is 0 Å². The predicted octanol–water partition coefficient (Wildman–Crippen LogP) is 1.70. The van der Waals surface area contributed by atoms with Crippen molar-refractivity contribution in [3.63, 3.8) is 0 Å². The fourth-order valence-electron chi connectivity index (χ4n) is 3.62. The Bertz CT molecular complexity index is 717. The molecule has 1 aromatic carbocycles. The van der Waals surface area contributed by atoms with E-state index in [1.807, 2.05) is 6.07 Å². The average molecular weight is 269 g/mol. The highest BCUT2D eigenvalue weighted by molar-refractivity contribution is 5.82. The second-order valence-corrected chi connectivity index (χ2v) is 6.27. The first-order valence-corrected chi connectivity index (χ1v) is 7.28. The van der Waals surface area contributed by atoms with E-state index in [9.17, 15) is 4.79 Å². The van der Waals surface area contributed by atoms with Gasteiger partial charge in [-0.3, -0.25) is 4.79 Å². The molecule has 104 valence electrons. The van der Waals surface area contributed by atoms with Crippen molar-refractivity contribution in [3.05, 3.63) is 40.7 Å². The van der Waals surface area contributed by atoms with Crippen LogP contribution in [0.3, 0.4) is 0 Å². The Morgan fingerprint density at radius 2 is 2.10 bits per heavy atom. The number of hydrogen-bond donors (Lipinski definition) is 2. The molecule has 4 rings (SSSR count). The molecule has 2 heterocycles. The summed E-state index contributed by atoms with van der Waals surface area (Å²) < 4.78 is 0. The maximum absolute atomic E-state index is 11.4. The third-order valence-corrected chi connectivity index (χ3v) is 5.06. The average Bonchev–Trinajstić information content (AvgIpc) is 3.12. The molecule has 1 saturated heterocycles. The van der Waals surface area contributed by atoms with Gasteiger partial charge < -0.3 is 15.6 Å². The van der Waals surface area contributed by atoms with Crippen molar-refractivity contribution in [2.45, 2.75) is 12.8 Å². The van der Waals surface area contributed by atoms with Crippen LogP contribution >= 0.6 is 0 Å². The first-order chi connectivity index (χ1) is 9.70. The van der Waals surface area contributed by atoms with Crippen molar-refractivity contribution in [3.8, 4) is 0 Å². The number of benzene rings is 1. The molecular formula is C16H19N3O. The lowest BCUT2D eigenvalue weighted by Gasteiger charge is -2.19. The molecule has 4 heteroatoms. The van der Waals surface area contributed by atoms with E-state index in [2.05, 4.69) is 28.1 Å². The summed E-state index contributed by atoms with van der Waals surface area (Å²) in [6.45, 7) is 2.93. The van der Waals surface area contributed by atoms with Crippen LogP contribution in [0, 0.1) is 11.3 Å². The highest BCUT2D eigenvalue weighted by Crippen LogP contribution is 2.56. The molecule has 2 fully saturated rings. The largest absolute Gasteiger partial charge is 0.371 e. The first kappa shape index (κ1) is 12.0. The maximum atomic E-state index is 11.4. The number of anilines is 1. The standard InChI is InChI=1S/C16H19N3O/c17-8-12-9-19(10-16(12)5-6-16)13-3-1-11-2-4-15(20)18-14(11)7-13/h1-4,7,12H,5-6,8-10,17H2,(H,18,20). The number of nitrogens with zero attached hydrogens (tertiary/aromatic N) is 1. The van der Waals surface area contributed by atoms with Gasteiger partial charge in [-0.15, -0.1) is 0 Å². The molecule has 1 spiro atoms. The van der Waals surface area contributed by atoms with Gasteiger partial charge in [0, 0.05) is 24.8 Å². The third-order valence-electron chi connectivity index (χ3n) is 5.06. The first-order valence-electron chi connectivity index (χ1n) is 7.28. The Morgan fingerprint density at radius 1 is 1.30 bits per heavy atom. The molecule has 1 unspecified atom stereocenters. The molecule has 1 aliphatic carbocycles. The Kier molecular flexibility index (Phi) is 2.45. The minimum atomic E-state index is -0.0467. The molecule has 20 heavy (non-hydrogen) atoms. The predicted molar refractivity (Wildman–Crippen MR) is 81.0 cm³/mol. The van der Waals surface area contributed by atoms with Crippen molar-refractivity contribution in [2.75, 3.05) is 24.5 Å². The summed E-state index contributed by atoms with van der Waals surface area (Å²) >= 11 is 0. The normalized spacial score (nSPS) is 23.6. The van der Waals surface area contributed by atoms with Gasteiger partial charge in [-0.2, -0.15) is 0 Å². The van der Waals surface area contributed by atoms with Crippen molar-refractivity contribution >= 4 is 16.6 Å². The number of fused-ring (bicyclic) bond motifs is 1. The van der Waals surface area contributed by atoms with Crippen LogP contribution in [0.4, 0.5) is 5.69 Å². The van der Waals surface area contributed by atoms with E-state index in [0.717, 1.165) is 30.5 Å². The highest BCUT2D eigenvalue weighted by Gasteiger charge is 2.54. The van der Waals surface area contributed by atoms with E-state index in [0.29, 0.717) is 11.3 Å². The lowest BCUT2D eigenvalue weighted by molar-refractivity contribution is 0.407. The van der Waals surface area contributed by atoms with Crippen LogP contribution in [-0.2, 0) is 0 Å². The van der Waals surface area contributed by atoms with Crippen molar-refractivity contribution in [1.29, 1.82) is 0 Å². The van der Waals surface area contributed by atoms with Gasteiger partial charge in [0.2, 0.25) is 5.56 Å². The molecular weight excluding hydrogens is 250 g/mol. The highest BCUT2D eigenvalue weighted by atomic mass is 16.1. The fourth-order valence-corrected chi connectivity index (χ4v) is 3.62. The number of pyridine rings is 1. The molecule has 0 radical (unpaired) electrons. The quantitative estimate of drug-likeness (QED) is 0.872. The van der Waals surface area contributed by atoms with Crippen LogP contribution in [0.25, 0.3) is 10.9 Å². The summed E-state index contributed by atoms with van der Waals surface area (Å²) in [5, 5.41) is 1.07. The summed E-state index contributed by atoms with van der Waals surface area (Å²) in [4.78, 5) is 16.8. The van der Waals surface area contributed by atoms with E-state index in [1.54, 1.807) is 6.07 Å². The van der Waals surface area contributed by atoms with Crippen LogP contribution < -0.4 is 16.2 Å². The summed E-state index contributed by atoms with van der Waals surface area (Å²) in [6, 6.07) is 9.76. The lowest BCUT2D eigenvalue weighted by atomic mass is 9.93. The number of rotatable bonds is 2. The maximum Gasteiger partial charge on any atom is 0.248 e. The number of aromatic nitrogens is 1. The molecule has 0 amide bonds. The molecule has 1 aromatic heterocycles. The minimum Gasteiger partial charge on any atom is -0.371 e. The molecule has 1 aliphatic heterocycles. The number of nitrogens with one attached hydrogen (secondary N) is 1. The van der Waals surface area contributed by atoms with Gasteiger partial charge in [0.1, 0.15) is 0 Å². The van der Waals surface area contributed by atoms with E-state index < -0.39 is 0 Å². The van der Waals surface area contributed by atoms with Crippen molar-refractivity contribution in [1.82, 2.24) is 4.98 Å². The number of H-pyrrole nitrogens is 1. The SMILES string of the molecule is NCC1CN(c2ccc3ccc(=O)[nH]c3c2)CC12CC2. The second kappa shape index (κ2) is 4.09. The van der Waals surface area contributed by atoms with Gasteiger partial charge in [-0.1, -0.05) is 6.07 Å². The molecule has 2 aromatic rings. The van der Waals surface area contributed by atoms with Crippen molar-refractivity contribution in [2.24, 2.45) is 17.1 Å². The summed E-state index contributed by atoms with van der Waals surface area (Å²) in [6.07, 6.45) is 2.63. The Hall–Kier alpha value is -1.81. The van der Waals surface area contributed by atoms with Gasteiger partial charge in [0.25, 0.3) is 0 Å². The van der Waals surface area contributed by atoms with E-state index in [4.69, 9.17) is 5.73 Å². The minimum absolute atomic E-state index is 0.0467. The van der Waals surface area contributed by atoms with Gasteiger partial charge in [0.15, 0.2) is 0 Å². The zero-order valence-corrected chi connectivity index (χ0v) is 11.4. The number of hydrogen-bond acceptors (Lipinski definition) is 3. The topological polar surface area (TPSA) is 62.1 Å². The zero-order chi connectivity index (χ0) is 13.7. The molecule has 3 N–H and O–H groups in total. The zero-order valence-electron chi connectivity index (χ0n) is 11.4. The Labute approximate surface area is 117 Å². The molecule has 2 aliphatic rings. The van der Waals surface area contributed by atoms with Gasteiger partial charge >= 0.3 is 0 Å². The molecule has 1 atom stereocenters. The summed E-state index contributed by atoms with van der Waals surface area (Å²) in [7, 11) is 0. The Morgan fingerprint density at radius 3 is 2.80 bits per heavy atom. The van der Waals surface area contributed by atoms with Crippen LogP contribution in [-0.4, -0.2) is 24.6 Å². The van der Waals surface area contributed by atoms with Gasteiger partial charge in [0.05, 0.1) is 5.52 Å². The fraction of sp³-hybridized carbons (Fsp3) is 0.438. The monoisotopic (exact) mass is 269 g/mol. The van der Waals surface area contributed by atoms with Gasteiger partial charge in [-0.05, 0) is 54.3 Å². The summed E-state index contributed by atoms with van der Waals surface area (Å²) in [5.41, 5.74) is 8.47. The Balaban J connectivity index is 1.70. The second-order valence-electron chi connectivity index (χ2n) is 6.27. The van der Waals surface area contributed by atoms with E-state index in [1.165, 1.54) is 18.5 Å².